The number of carbonyl (C=O) groups is 1. The number of rotatable bonds is 10. The van der Waals surface area contributed by atoms with Gasteiger partial charge in [-0.25, -0.2) is 4.79 Å². The van der Waals surface area contributed by atoms with Crippen molar-refractivity contribution in [2.45, 2.75) is 83.9 Å². The highest BCUT2D eigenvalue weighted by Crippen LogP contribution is 2.22. The lowest BCUT2D eigenvalue weighted by atomic mass is 10.0. The molecule has 4 nitrogen and oxygen atoms in total. The Morgan fingerprint density at radius 1 is 1.07 bits per heavy atom. The summed E-state index contributed by atoms with van der Waals surface area (Å²) in [6.45, 7) is 9.72. The maximum Gasteiger partial charge on any atom is 0.410 e. The molecule has 0 saturated carbocycles. The van der Waals surface area contributed by atoms with E-state index in [1.165, 1.54) is 31.2 Å². The number of halogens is 1. The number of alkyl halides is 1. The molecule has 0 bridgehead atoms. The van der Waals surface area contributed by atoms with Crippen molar-refractivity contribution >= 4 is 22.0 Å². The van der Waals surface area contributed by atoms with Crippen LogP contribution in [0.1, 0.15) is 71.3 Å². The Bertz CT molecular complexity index is 580. The van der Waals surface area contributed by atoms with Gasteiger partial charge in [0.05, 0.1) is 0 Å². The number of likely N-dealkylation sites (tertiary alicyclic amines) is 1. The summed E-state index contributed by atoms with van der Waals surface area (Å²) in [5.74, 6) is 0. The number of ether oxygens (including phenoxy) is 1. The Morgan fingerprint density at radius 2 is 1.69 bits per heavy atom. The third kappa shape index (κ3) is 9.52. The maximum absolute atomic E-state index is 12.9. The molecule has 1 aromatic carbocycles. The minimum Gasteiger partial charge on any atom is -0.444 e. The number of nitrogens with zero attached hydrogens (tertiary/aromatic N) is 2. The quantitative estimate of drug-likeness (QED) is 0.302. The molecule has 0 N–H and O–H groups in total. The Kier molecular flexibility index (Phi) is 10.5. The minimum absolute atomic E-state index is 0.139. The van der Waals surface area contributed by atoms with Gasteiger partial charge in [-0.05, 0) is 52.0 Å². The number of benzene rings is 1. The molecule has 1 saturated heterocycles. The molecule has 0 aliphatic carbocycles. The molecule has 1 aromatic rings. The van der Waals surface area contributed by atoms with Crippen LogP contribution in [0, 0.1) is 0 Å². The summed E-state index contributed by atoms with van der Waals surface area (Å²) < 4.78 is 5.74. The summed E-state index contributed by atoms with van der Waals surface area (Å²) in [5.41, 5.74) is 0.914. The van der Waals surface area contributed by atoms with Gasteiger partial charge in [-0.1, -0.05) is 65.5 Å². The van der Waals surface area contributed by atoms with Crippen molar-refractivity contribution in [2.24, 2.45) is 0 Å². The second-order valence-corrected chi connectivity index (χ2v) is 9.92. The van der Waals surface area contributed by atoms with Gasteiger partial charge >= 0.3 is 6.09 Å². The molecule has 1 aliphatic heterocycles. The molecule has 0 atom stereocenters. The van der Waals surface area contributed by atoms with Crippen molar-refractivity contribution < 1.29 is 9.53 Å². The Hall–Kier alpha value is -1.07. The molecule has 29 heavy (non-hydrogen) atoms. The summed E-state index contributed by atoms with van der Waals surface area (Å²) in [4.78, 5) is 17.4. The van der Waals surface area contributed by atoms with Crippen LogP contribution in [0.25, 0.3) is 0 Å². The fourth-order valence-electron chi connectivity index (χ4n) is 3.88. The molecule has 1 heterocycles. The third-order valence-corrected chi connectivity index (χ3v) is 5.97. The van der Waals surface area contributed by atoms with Crippen LogP contribution in [0.4, 0.5) is 4.79 Å². The summed E-state index contributed by atoms with van der Waals surface area (Å²) in [6, 6.07) is 10.9. The van der Waals surface area contributed by atoms with Gasteiger partial charge in [-0.2, -0.15) is 0 Å². The minimum atomic E-state index is -0.445. The molecule has 164 valence electrons. The van der Waals surface area contributed by atoms with Gasteiger partial charge in [0, 0.05) is 37.6 Å². The topological polar surface area (TPSA) is 32.8 Å². The van der Waals surface area contributed by atoms with E-state index in [2.05, 4.69) is 51.2 Å². The molecule has 0 aromatic heterocycles. The van der Waals surface area contributed by atoms with E-state index in [0.717, 1.165) is 50.8 Å². The predicted octanol–water partition coefficient (Wildman–Crippen LogP) is 6.23. The smallest absolute Gasteiger partial charge is 0.410 e. The van der Waals surface area contributed by atoms with Gasteiger partial charge < -0.3 is 9.64 Å². The van der Waals surface area contributed by atoms with Crippen LogP contribution in [-0.4, -0.2) is 52.5 Å². The zero-order valence-electron chi connectivity index (χ0n) is 18.5. The number of hydrogen-bond donors (Lipinski definition) is 0. The highest BCUT2D eigenvalue weighted by atomic mass is 79.9. The van der Waals surface area contributed by atoms with E-state index in [4.69, 9.17) is 4.74 Å². The average molecular weight is 467 g/mol. The molecule has 2 rings (SSSR count). The van der Waals surface area contributed by atoms with Crippen LogP contribution in [0.5, 0.6) is 0 Å². The molecular weight excluding hydrogens is 428 g/mol. The molecule has 1 fully saturated rings. The first-order valence-electron chi connectivity index (χ1n) is 11.2. The fraction of sp³-hybridized carbons (Fsp3) is 0.708. The highest BCUT2D eigenvalue weighted by molar-refractivity contribution is 9.09. The van der Waals surface area contributed by atoms with Gasteiger partial charge in [0.2, 0.25) is 0 Å². The van der Waals surface area contributed by atoms with E-state index >= 15 is 0 Å². The molecule has 0 radical (unpaired) electrons. The summed E-state index contributed by atoms with van der Waals surface area (Å²) in [6.07, 6.45) is 7.88. The van der Waals surface area contributed by atoms with Crippen LogP contribution >= 0.6 is 15.9 Å². The zero-order valence-corrected chi connectivity index (χ0v) is 20.1. The number of carbonyl (C=O) groups excluding carboxylic acids is 1. The van der Waals surface area contributed by atoms with Crippen molar-refractivity contribution in [3.63, 3.8) is 0 Å². The van der Waals surface area contributed by atoms with E-state index in [1.807, 2.05) is 25.7 Å². The molecule has 1 aliphatic rings. The maximum atomic E-state index is 12.9. The second-order valence-electron chi connectivity index (χ2n) is 9.12. The van der Waals surface area contributed by atoms with Crippen LogP contribution in [0.3, 0.4) is 0 Å². The highest BCUT2D eigenvalue weighted by Gasteiger charge is 2.30. The lowest BCUT2D eigenvalue weighted by Crippen LogP contribution is -2.49. The average Bonchev–Trinajstić information content (AvgIpc) is 2.68. The van der Waals surface area contributed by atoms with E-state index < -0.39 is 5.60 Å². The number of unbranched alkanes of at least 4 members (excludes halogenated alkanes) is 4. The second kappa shape index (κ2) is 12.6. The molecule has 0 unspecified atom stereocenters. The Balaban J connectivity index is 1.86. The number of piperidine rings is 1. The molecule has 5 heteroatoms. The lowest BCUT2D eigenvalue weighted by molar-refractivity contribution is 0.00733. The van der Waals surface area contributed by atoms with Crippen LogP contribution < -0.4 is 0 Å². The molecular formula is C24H39BrN2O2. The predicted molar refractivity (Wildman–Crippen MR) is 125 cm³/mol. The first kappa shape index (κ1) is 24.2. The first-order valence-corrected chi connectivity index (χ1v) is 12.3. The molecule has 0 spiro atoms. The van der Waals surface area contributed by atoms with E-state index in [1.54, 1.807) is 0 Å². The largest absolute Gasteiger partial charge is 0.444 e. The zero-order chi connectivity index (χ0) is 21.1. The van der Waals surface area contributed by atoms with E-state index in [9.17, 15) is 4.79 Å². The Morgan fingerprint density at radius 3 is 2.31 bits per heavy atom. The van der Waals surface area contributed by atoms with Gasteiger partial charge in [-0.3, -0.25) is 4.90 Å². The van der Waals surface area contributed by atoms with Crippen molar-refractivity contribution in [3.8, 4) is 0 Å². The van der Waals surface area contributed by atoms with E-state index in [-0.39, 0.29) is 6.09 Å². The number of hydrogen-bond acceptors (Lipinski definition) is 3. The first-order chi connectivity index (χ1) is 13.9. The van der Waals surface area contributed by atoms with Gasteiger partial charge in [0.15, 0.2) is 0 Å². The van der Waals surface area contributed by atoms with Gasteiger partial charge in [0.25, 0.3) is 0 Å². The van der Waals surface area contributed by atoms with Gasteiger partial charge in [0.1, 0.15) is 5.60 Å². The van der Waals surface area contributed by atoms with Gasteiger partial charge in [-0.15, -0.1) is 0 Å². The van der Waals surface area contributed by atoms with Crippen LogP contribution in [-0.2, 0) is 11.3 Å². The summed E-state index contributed by atoms with van der Waals surface area (Å²) in [5, 5.41) is 1.08. The number of amides is 1. The van der Waals surface area contributed by atoms with Crippen molar-refractivity contribution in [2.75, 3.05) is 25.0 Å². The van der Waals surface area contributed by atoms with Crippen molar-refractivity contribution in [3.05, 3.63) is 35.9 Å². The summed E-state index contributed by atoms with van der Waals surface area (Å²) in [7, 11) is 0. The normalized spacial score (nSPS) is 16.0. The third-order valence-electron chi connectivity index (χ3n) is 5.41. The van der Waals surface area contributed by atoms with Crippen LogP contribution in [0.15, 0.2) is 30.3 Å². The fourth-order valence-corrected chi connectivity index (χ4v) is 4.28. The Labute approximate surface area is 186 Å². The lowest BCUT2D eigenvalue weighted by Gasteiger charge is -2.39. The van der Waals surface area contributed by atoms with Crippen molar-refractivity contribution in [1.82, 2.24) is 9.80 Å². The molecule has 1 amide bonds. The monoisotopic (exact) mass is 466 g/mol. The standard InChI is InChI=1S/C24H39BrN2O2/c1-24(2,3)29-23(28)27(17-11-6-4-5-10-16-25)22-14-18-26(19-15-22)20-21-12-8-7-9-13-21/h7-9,12-13,22H,4-6,10-11,14-20H2,1-3H3. The van der Waals surface area contributed by atoms with Crippen LogP contribution in [0.2, 0.25) is 0 Å². The van der Waals surface area contributed by atoms with E-state index in [0.29, 0.717) is 6.04 Å². The SMILES string of the molecule is CC(C)(C)OC(=O)N(CCCCCCCBr)C1CCN(Cc2ccccc2)CC1. The van der Waals surface area contributed by atoms with Crippen molar-refractivity contribution in [1.29, 1.82) is 0 Å². The summed E-state index contributed by atoms with van der Waals surface area (Å²) >= 11 is 3.49.